The van der Waals surface area contributed by atoms with Gasteiger partial charge in [0.25, 0.3) is 0 Å². The van der Waals surface area contributed by atoms with Gasteiger partial charge in [-0.05, 0) is 37.0 Å². The van der Waals surface area contributed by atoms with Gasteiger partial charge in [0, 0.05) is 8.30 Å². The van der Waals surface area contributed by atoms with Crippen molar-refractivity contribution in [2.24, 2.45) is 0 Å². The van der Waals surface area contributed by atoms with E-state index < -0.39 is 22.5 Å². The van der Waals surface area contributed by atoms with E-state index in [1.165, 1.54) is 13.8 Å². The van der Waals surface area contributed by atoms with Crippen molar-refractivity contribution in [2.45, 2.75) is 38.3 Å². The molecule has 0 spiro atoms. The fourth-order valence-electron chi connectivity index (χ4n) is 1.76. The number of hydrogen-bond donors (Lipinski definition) is 0. The summed E-state index contributed by atoms with van der Waals surface area (Å²) >= 11 is 0. The minimum atomic E-state index is -1.94. The summed E-state index contributed by atoms with van der Waals surface area (Å²) < 4.78 is 57.6. The SMILES string of the molecule is [2H]c1c([2H])c(C([2H])([S+]2CCCC2)C([2H])([2H])C)c([2H])c([2H])c1C. The summed E-state index contributed by atoms with van der Waals surface area (Å²) in [6, 6.07) is -0.864. The third-order valence-electron chi connectivity index (χ3n) is 2.52. The van der Waals surface area contributed by atoms with Crippen LogP contribution in [0.4, 0.5) is 0 Å². The third kappa shape index (κ3) is 2.57. The molecule has 1 aromatic rings. The van der Waals surface area contributed by atoms with Crippen molar-refractivity contribution in [2.75, 3.05) is 11.5 Å². The molecule has 0 amide bonds. The Morgan fingerprint density at radius 1 is 1.40 bits per heavy atom. The lowest BCUT2D eigenvalue weighted by atomic mass is 10.1. The van der Waals surface area contributed by atoms with Gasteiger partial charge in [0.05, 0.1) is 6.85 Å². The highest BCUT2D eigenvalue weighted by Crippen LogP contribution is 2.33. The van der Waals surface area contributed by atoms with Crippen LogP contribution in [0.5, 0.6) is 0 Å². The molecular weight excluding hydrogens is 200 g/mol. The maximum absolute atomic E-state index is 8.89. The molecule has 0 saturated carbocycles. The first-order chi connectivity index (χ1) is 10.0. The molecule has 1 atom stereocenters. The summed E-state index contributed by atoms with van der Waals surface area (Å²) in [5, 5.41) is -1.74. The molecule has 0 aromatic heterocycles. The van der Waals surface area contributed by atoms with E-state index in [0.29, 0.717) is 11.5 Å². The van der Waals surface area contributed by atoms with Gasteiger partial charge in [0.15, 0.2) is 0 Å². The molecule has 0 aliphatic carbocycles. The van der Waals surface area contributed by atoms with Gasteiger partial charge in [-0.25, -0.2) is 0 Å². The quantitative estimate of drug-likeness (QED) is 0.689. The van der Waals surface area contributed by atoms with Crippen LogP contribution in [0.25, 0.3) is 0 Å². The summed E-state index contributed by atoms with van der Waals surface area (Å²) in [6.07, 6.45) is -0.0954. The van der Waals surface area contributed by atoms with Gasteiger partial charge in [-0.1, -0.05) is 36.7 Å². The molecule has 0 N–H and O–H groups in total. The van der Waals surface area contributed by atoms with E-state index in [1.807, 2.05) is 0 Å². The summed E-state index contributed by atoms with van der Waals surface area (Å²) in [4.78, 5) is 0. The highest BCUT2D eigenvalue weighted by Gasteiger charge is 2.33. The molecule has 2 rings (SSSR count). The molecule has 1 unspecified atom stereocenters. The van der Waals surface area contributed by atoms with Crippen molar-refractivity contribution in [3.8, 4) is 0 Å². The van der Waals surface area contributed by atoms with E-state index in [9.17, 15) is 0 Å². The Kier molecular flexibility index (Phi) is 1.78. The predicted molar refractivity (Wildman–Crippen MR) is 70.5 cm³/mol. The molecule has 0 nitrogen and oxygen atoms in total. The Bertz CT molecular complexity index is 561. The lowest BCUT2D eigenvalue weighted by Gasteiger charge is -2.14. The molecule has 82 valence electrons. The second kappa shape index (κ2) is 5.07. The Morgan fingerprint density at radius 2 is 2.00 bits per heavy atom. The number of rotatable bonds is 3. The standard InChI is InChI=1S/C14H21S/c1-3-14(15-10-4-5-11-15)13-8-6-12(2)7-9-13/h6-9,14H,3-5,10-11H2,1-2H3/q+1/i3D2,6D,7D,8D,9D,14D. The largest absolute Gasteiger partial charge is 0.143 e. The minimum Gasteiger partial charge on any atom is -0.0603 e. The van der Waals surface area contributed by atoms with Crippen LogP contribution in [0, 0.1) is 6.92 Å². The molecule has 1 saturated heterocycles. The van der Waals surface area contributed by atoms with Gasteiger partial charge in [0.1, 0.15) is 16.7 Å². The minimum absolute atomic E-state index is 0.0779. The van der Waals surface area contributed by atoms with E-state index in [4.69, 9.17) is 9.60 Å². The van der Waals surface area contributed by atoms with Crippen molar-refractivity contribution in [3.63, 3.8) is 0 Å². The van der Waals surface area contributed by atoms with E-state index in [1.54, 1.807) is 0 Å². The van der Waals surface area contributed by atoms with E-state index >= 15 is 0 Å². The van der Waals surface area contributed by atoms with Crippen molar-refractivity contribution in [1.29, 1.82) is 0 Å². The van der Waals surface area contributed by atoms with E-state index in [-0.39, 0.29) is 35.3 Å². The first kappa shape index (κ1) is 5.27. The fourth-order valence-corrected chi connectivity index (χ4v) is 4.16. The highest BCUT2D eigenvalue weighted by atomic mass is 32.2. The van der Waals surface area contributed by atoms with Crippen LogP contribution in [0.15, 0.2) is 24.2 Å². The van der Waals surface area contributed by atoms with Gasteiger partial charge < -0.3 is 0 Å². The van der Waals surface area contributed by atoms with E-state index in [2.05, 4.69) is 0 Å². The average Bonchev–Trinajstić information content (AvgIpc) is 2.96. The number of benzene rings is 1. The molecule has 1 heteroatoms. The molecule has 1 fully saturated rings. The Hall–Kier alpha value is -0.430. The van der Waals surface area contributed by atoms with Crippen LogP contribution in [-0.2, 0) is 10.9 Å². The van der Waals surface area contributed by atoms with Crippen LogP contribution >= 0.6 is 0 Å². The van der Waals surface area contributed by atoms with Crippen molar-refractivity contribution >= 4 is 10.9 Å². The smallest absolute Gasteiger partial charge is 0.0603 e. The molecule has 15 heavy (non-hydrogen) atoms. The fraction of sp³-hybridized carbons (Fsp3) is 0.571. The first-order valence-electron chi connectivity index (χ1n) is 8.78. The maximum Gasteiger partial charge on any atom is 0.143 e. The van der Waals surface area contributed by atoms with Crippen molar-refractivity contribution < 1.29 is 9.60 Å². The molecule has 1 heterocycles. The molecule has 1 aliphatic rings. The lowest BCUT2D eigenvalue weighted by molar-refractivity contribution is 0.886. The van der Waals surface area contributed by atoms with Gasteiger partial charge in [-0.2, -0.15) is 0 Å². The molecular formula is C14H21S+. The van der Waals surface area contributed by atoms with Crippen LogP contribution in [0.3, 0.4) is 0 Å². The summed E-state index contributed by atoms with van der Waals surface area (Å²) in [5.74, 6) is 1.43. The van der Waals surface area contributed by atoms with Crippen LogP contribution < -0.4 is 0 Å². The average molecular weight is 228 g/mol. The van der Waals surface area contributed by atoms with Gasteiger partial charge in [-0.3, -0.25) is 0 Å². The molecule has 0 bridgehead atoms. The normalized spacial score (nSPS) is 29.1. The van der Waals surface area contributed by atoms with Gasteiger partial charge in [-0.15, -0.1) is 0 Å². The van der Waals surface area contributed by atoms with Crippen molar-refractivity contribution in [3.05, 3.63) is 35.3 Å². The zero-order chi connectivity index (χ0) is 16.9. The van der Waals surface area contributed by atoms with Gasteiger partial charge in [0.2, 0.25) is 0 Å². The summed E-state index contributed by atoms with van der Waals surface area (Å²) in [7, 11) is -0.610. The zero-order valence-corrected chi connectivity index (χ0v) is 10.1. The van der Waals surface area contributed by atoms with Gasteiger partial charge >= 0.3 is 0 Å². The monoisotopic (exact) mass is 228 g/mol. The maximum atomic E-state index is 8.89. The molecule has 1 aliphatic heterocycles. The lowest BCUT2D eigenvalue weighted by Crippen LogP contribution is -2.14. The molecule has 0 radical (unpaired) electrons. The van der Waals surface area contributed by atoms with Crippen molar-refractivity contribution in [1.82, 2.24) is 0 Å². The molecule has 1 aromatic carbocycles. The van der Waals surface area contributed by atoms with Crippen LogP contribution in [0.1, 0.15) is 52.1 Å². The Balaban J connectivity index is 2.79. The number of hydrogen-bond acceptors (Lipinski definition) is 0. The topological polar surface area (TPSA) is 0 Å². The predicted octanol–water partition coefficient (Wildman–Crippen LogP) is 3.86. The summed E-state index contributed by atoms with van der Waals surface area (Å²) in [5.41, 5.74) is 0.165. The Morgan fingerprint density at radius 3 is 2.53 bits per heavy atom. The van der Waals surface area contributed by atoms with Crippen LogP contribution in [-0.4, -0.2) is 11.5 Å². The zero-order valence-electron chi connectivity index (χ0n) is 16.2. The Labute approximate surface area is 106 Å². The van der Waals surface area contributed by atoms with E-state index in [0.717, 1.165) is 12.8 Å². The second-order valence-corrected chi connectivity index (χ2v) is 5.90. The van der Waals surface area contributed by atoms with Crippen LogP contribution in [0.2, 0.25) is 0 Å². The first-order valence-corrected chi connectivity index (χ1v) is 6.84. The summed E-state index contributed by atoms with van der Waals surface area (Å²) in [6.45, 7) is 2.84. The third-order valence-corrected chi connectivity index (χ3v) is 5.07. The highest BCUT2D eigenvalue weighted by molar-refractivity contribution is 7.97. The second-order valence-electron chi connectivity index (χ2n) is 3.69.